The molecule has 0 heterocycles. The van der Waals surface area contributed by atoms with Gasteiger partial charge in [-0.2, -0.15) is 0 Å². The summed E-state index contributed by atoms with van der Waals surface area (Å²) in [5.74, 6) is 0.174. The molecule has 0 N–H and O–H groups in total. The van der Waals surface area contributed by atoms with Crippen LogP contribution in [0.4, 0.5) is 0 Å². The van der Waals surface area contributed by atoms with Crippen molar-refractivity contribution in [3.05, 3.63) is 45.6 Å². The maximum Gasteiger partial charge on any atom is 0.159 e. The average Bonchev–Trinajstić information content (AvgIpc) is 2.18. The summed E-state index contributed by atoms with van der Waals surface area (Å²) in [5, 5.41) is 0. The van der Waals surface area contributed by atoms with Crippen molar-refractivity contribution in [1.82, 2.24) is 0 Å². The van der Waals surface area contributed by atoms with Gasteiger partial charge in [-0.3, -0.25) is 4.79 Å². The maximum absolute atomic E-state index is 11.4. The van der Waals surface area contributed by atoms with Crippen molar-refractivity contribution in [3.63, 3.8) is 0 Å². The molecule has 0 atom stereocenters. The standard InChI is InChI=1S/C12H13IO/c1-2-3-4-12(14)9-10-5-7-11(13)8-6-10/h3-8H,2,9H2,1H3/b4-3+. The van der Waals surface area contributed by atoms with E-state index in [1.165, 1.54) is 3.57 Å². The minimum Gasteiger partial charge on any atom is -0.294 e. The number of carbonyl (C=O) groups is 1. The molecule has 0 aliphatic carbocycles. The number of halogens is 1. The van der Waals surface area contributed by atoms with Gasteiger partial charge in [0.2, 0.25) is 0 Å². The Kier molecular flexibility index (Phi) is 4.87. The lowest BCUT2D eigenvalue weighted by Crippen LogP contribution is -1.97. The van der Waals surface area contributed by atoms with Gasteiger partial charge in [0, 0.05) is 9.99 Å². The van der Waals surface area contributed by atoms with Crippen molar-refractivity contribution in [2.75, 3.05) is 0 Å². The Hall–Kier alpha value is -0.640. The minimum atomic E-state index is 0.174. The van der Waals surface area contributed by atoms with E-state index in [9.17, 15) is 4.79 Å². The van der Waals surface area contributed by atoms with Gasteiger partial charge in [-0.1, -0.05) is 25.1 Å². The first-order valence-electron chi connectivity index (χ1n) is 4.66. The van der Waals surface area contributed by atoms with Crippen LogP contribution >= 0.6 is 22.6 Å². The van der Waals surface area contributed by atoms with Crippen LogP contribution in [0.3, 0.4) is 0 Å². The predicted octanol–water partition coefficient (Wildman–Crippen LogP) is 3.37. The second-order valence-corrected chi connectivity index (χ2v) is 4.33. The Morgan fingerprint density at radius 2 is 2.00 bits per heavy atom. The summed E-state index contributed by atoms with van der Waals surface area (Å²) in [6.45, 7) is 2.02. The molecular formula is C12H13IO. The molecule has 0 amide bonds. The molecule has 0 radical (unpaired) electrons. The number of hydrogen-bond donors (Lipinski definition) is 0. The molecule has 1 rings (SSSR count). The molecule has 0 bridgehead atoms. The highest BCUT2D eigenvalue weighted by Gasteiger charge is 1.98. The maximum atomic E-state index is 11.4. The molecule has 1 nitrogen and oxygen atoms in total. The van der Waals surface area contributed by atoms with Crippen LogP contribution in [0, 0.1) is 3.57 Å². The van der Waals surface area contributed by atoms with Crippen LogP contribution in [0.5, 0.6) is 0 Å². The van der Waals surface area contributed by atoms with Crippen LogP contribution in [0.15, 0.2) is 36.4 Å². The molecule has 0 aromatic heterocycles. The molecule has 0 saturated carbocycles. The highest BCUT2D eigenvalue weighted by Crippen LogP contribution is 2.07. The first-order valence-corrected chi connectivity index (χ1v) is 5.74. The van der Waals surface area contributed by atoms with Crippen molar-refractivity contribution < 1.29 is 4.79 Å². The van der Waals surface area contributed by atoms with Gasteiger partial charge in [0.15, 0.2) is 5.78 Å². The second kappa shape index (κ2) is 5.96. The average molecular weight is 300 g/mol. The second-order valence-electron chi connectivity index (χ2n) is 3.08. The van der Waals surface area contributed by atoms with E-state index in [1.54, 1.807) is 6.08 Å². The molecule has 14 heavy (non-hydrogen) atoms. The third-order valence-electron chi connectivity index (χ3n) is 1.83. The van der Waals surface area contributed by atoms with Crippen LogP contribution < -0.4 is 0 Å². The number of carbonyl (C=O) groups excluding carboxylic acids is 1. The zero-order valence-electron chi connectivity index (χ0n) is 8.16. The molecule has 1 aromatic rings. The summed E-state index contributed by atoms with van der Waals surface area (Å²) >= 11 is 2.25. The minimum absolute atomic E-state index is 0.174. The molecular weight excluding hydrogens is 287 g/mol. The Labute approximate surface area is 98.4 Å². The van der Waals surface area contributed by atoms with Crippen LogP contribution in [-0.2, 0) is 11.2 Å². The lowest BCUT2D eigenvalue weighted by atomic mass is 10.1. The topological polar surface area (TPSA) is 17.1 Å². The predicted molar refractivity (Wildman–Crippen MR) is 67.3 cm³/mol. The van der Waals surface area contributed by atoms with Gasteiger partial charge < -0.3 is 0 Å². The molecule has 1 aromatic carbocycles. The number of ketones is 1. The van der Waals surface area contributed by atoms with E-state index < -0.39 is 0 Å². The van der Waals surface area contributed by atoms with E-state index in [0.717, 1.165) is 12.0 Å². The summed E-state index contributed by atoms with van der Waals surface area (Å²) in [5.41, 5.74) is 1.08. The fraction of sp³-hybridized carbons (Fsp3) is 0.250. The van der Waals surface area contributed by atoms with Crippen LogP contribution in [0.2, 0.25) is 0 Å². The van der Waals surface area contributed by atoms with E-state index in [1.807, 2.05) is 37.3 Å². The Morgan fingerprint density at radius 3 is 2.57 bits per heavy atom. The van der Waals surface area contributed by atoms with Crippen molar-refractivity contribution in [3.8, 4) is 0 Å². The third-order valence-corrected chi connectivity index (χ3v) is 2.55. The van der Waals surface area contributed by atoms with Crippen molar-refractivity contribution >= 4 is 28.4 Å². The Morgan fingerprint density at radius 1 is 1.36 bits per heavy atom. The van der Waals surface area contributed by atoms with Gasteiger partial charge in [-0.25, -0.2) is 0 Å². The van der Waals surface area contributed by atoms with E-state index >= 15 is 0 Å². The molecule has 0 unspecified atom stereocenters. The quantitative estimate of drug-likeness (QED) is 0.615. The molecule has 0 spiro atoms. The molecule has 0 aliphatic rings. The monoisotopic (exact) mass is 300 g/mol. The first kappa shape index (κ1) is 11.4. The normalized spacial score (nSPS) is 10.7. The van der Waals surface area contributed by atoms with Crippen molar-refractivity contribution in [2.24, 2.45) is 0 Å². The first-order chi connectivity index (χ1) is 6.72. The van der Waals surface area contributed by atoms with Gasteiger partial charge in [0.05, 0.1) is 0 Å². The molecule has 2 heteroatoms. The summed E-state index contributed by atoms with van der Waals surface area (Å²) in [6.07, 6.45) is 4.98. The van der Waals surface area contributed by atoms with E-state index in [0.29, 0.717) is 6.42 Å². The van der Waals surface area contributed by atoms with E-state index in [4.69, 9.17) is 0 Å². The summed E-state index contributed by atoms with van der Waals surface area (Å²) in [4.78, 5) is 11.4. The zero-order valence-corrected chi connectivity index (χ0v) is 10.3. The van der Waals surface area contributed by atoms with Gasteiger partial charge in [-0.05, 0) is 52.8 Å². The molecule has 0 aliphatic heterocycles. The zero-order chi connectivity index (χ0) is 10.4. The van der Waals surface area contributed by atoms with Gasteiger partial charge in [-0.15, -0.1) is 0 Å². The highest BCUT2D eigenvalue weighted by molar-refractivity contribution is 14.1. The smallest absolute Gasteiger partial charge is 0.159 e. The fourth-order valence-electron chi connectivity index (χ4n) is 1.11. The third kappa shape index (κ3) is 4.05. The van der Waals surface area contributed by atoms with Crippen LogP contribution in [0.25, 0.3) is 0 Å². The molecule has 74 valence electrons. The highest BCUT2D eigenvalue weighted by atomic mass is 127. The Balaban J connectivity index is 2.56. The number of hydrogen-bond acceptors (Lipinski definition) is 1. The fourth-order valence-corrected chi connectivity index (χ4v) is 1.47. The number of rotatable bonds is 4. The van der Waals surface area contributed by atoms with Crippen molar-refractivity contribution in [2.45, 2.75) is 19.8 Å². The van der Waals surface area contributed by atoms with Crippen molar-refractivity contribution in [1.29, 1.82) is 0 Å². The number of allylic oxidation sites excluding steroid dienone is 2. The number of benzene rings is 1. The lowest BCUT2D eigenvalue weighted by molar-refractivity contribution is -0.114. The Bertz CT molecular complexity index is 325. The lowest BCUT2D eigenvalue weighted by Gasteiger charge is -1.97. The summed E-state index contributed by atoms with van der Waals surface area (Å²) < 4.78 is 1.20. The summed E-state index contributed by atoms with van der Waals surface area (Å²) in [6, 6.07) is 8.04. The van der Waals surface area contributed by atoms with Crippen LogP contribution in [-0.4, -0.2) is 5.78 Å². The van der Waals surface area contributed by atoms with E-state index in [2.05, 4.69) is 22.6 Å². The SMILES string of the molecule is CC/C=C/C(=O)Cc1ccc(I)cc1. The van der Waals surface area contributed by atoms with Gasteiger partial charge >= 0.3 is 0 Å². The van der Waals surface area contributed by atoms with Gasteiger partial charge in [0.1, 0.15) is 0 Å². The largest absolute Gasteiger partial charge is 0.294 e. The van der Waals surface area contributed by atoms with Crippen LogP contribution in [0.1, 0.15) is 18.9 Å². The van der Waals surface area contributed by atoms with E-state index in [-0.39, 0.29) is 5.78 Å². The molecule has 0 saturated heterocycles. The molecule has 0 fully saturated rings. The van der Waals surface area contributed by atoms with Gasteiger partial charge in [0.25, 0.3) is 0 Å². The summed E-state index contributed by atoms with van der Waals surface area (Å²) in [7, 11) is 0.